The zero-order chi connectivity index (χ0) is 11.9. The number of benzene rings is 1. The maximum atomic E-state index is 5.59. The van der Waals surface area contributed by atoms with Crippen LogP contribution in [0.4, 0.5) is 0 Å². The van der Waals surface area contributed by atoms with E-state index in [4.69, 9.17) is 4.74 Å². The molecule has 1 heterocycles. The summed E-state index contributed by atoms with van der Waals surface area (Å²) in [6.45, 7) is 13.0. The lowest BCUT2D eigenvalue weighted by atomic mass is 9.83. The van der Waals surface area contributed by atoms with Crippen LogP contribution in [0, 0.1) is 33.6 Å². The first-order valence-electron chi connectivity index (χ1n) is 6.17. The summed E-state index contributed by atoms with van der Waals surface area (Å²) in [4.78, 5) is 0. The molecule has 0 aromatic heterocycles. The Bertz CT molecular complexity index is 406. The monoisotopic (exact) mass is 218 g/mol. The van der Waals surface area contributed by atoms with E-state index in [0.29, 0.717) is 11.8 Å². The number of ether oxygens (including phenoxy) is 1. The second-order valence-electron chi connectivity index (χ2n) is 5.28. The van der Waals surface area contributed by atoms with Gasteiger partial charge in [0.25, 0.3) is 0 Å². The SMILES string of the molecule is Cc1cc(C2COC[C@H]2C)c(C)c(C)c1C. The molecule has 1 fully saturated rings. The summed E-state index contributed by atoms with van der Waals surface area (Å²) in [5.41, 5.74) is 7.27. The summed E-state index contributed by atoms with van der Waals surface area (Å²) in [5.74, 6) is 1.25. The first-order chi connectivity index (χ1) is 7.52. The molecule has 0 saturated carbocycles. The molecule has 1 aromatic rings. The van der Waals surface area contributed by atoms with E-state index in [1.807, 2.05) is 0 Å². The van der Waals surface area contributed by atoms with Crippen molar-refractivity contribution in [2.24, 2.45) is 5.92 Å². The molecule has 1 heteroatoms. The summed E-state index contributed by atoms with van der Waals surface area (Å²) in [7, 11) is 0. The number of hydrogen-bond acceptors (Lipinski definition) is 1. The minimum Gasteiger partial charge on any atom is -0.381 e. The van der Waals surface area contributed by atoms with Gasteiger partial charge < -0.3 is 4.74 Å². The third kappa shape index (κ3) is 1.78. The summed E-state index contributed by atoms with van der Waals surface area (Å²) in [6, 6.07) is 2.37. The van der Waals surface area contributed by atoms with Crippen molar-refractivity contribution in [1.29, 1.82) is 0 Å². The van der Waals surface area contributed by atoms with Crippen LogP contribution in [0.5, 0.6) is 0 Å². The predicted octanol–water partition coefficient (Wildman–Crippen LogP) is 3.67. The highest BCUT2D eigenvalue weighted by atomic mass is 16.5. The molecule has 0 radical (unpaired) electrons. The minimum absolute atomic E-state index is 0.595. The van der Waals surface area contributed by atoms with E-state index < -0.39 is 0 Å². The van der Waals surface area contributed by atoms with E-state index in [2.05, 4.69) is 40.7 Å². The Balaban J connectivity index is 2.49. The molecule has 1 unspecified atom stereocenters. The molecule has 1 saturated heterocycles. The molecule has 2 rings (SSSR count). The van der Waals surface area contributed by atoms with E-state index >= 15 is 0 Å². The molecule has 16 heavy (non-hydrogen) atoms. The van der Waals surface area contributed by atoms with Crippen molar-refractivity contribution < 1.29 is 4.74 Å². The van der Waals surface area contributed by atoms with Crippen molar-refractivity contribution in [3.8, 4) is 0 Å². The fourth-order valence-corrected chi connectivity index (χ4v) is 2.69. The molecule has 0 N–H and O–H groups in total. The third-order valence-electron chi connectivity index (χ3n) is 4.29. The van der Waals surface area contributed by atoms with Gasteiger partial charge in [-0.25, -0.2) is 0 Å². The molecule has 1 nitrogen and oxygen atoms in total. The molecular weight excluding hydrogens is 196 g/mol. The smallest absolute Gasteiger partial charge is 0.0538 e. The van der Waals surface area contributed by atoms with Crippen LogP contribution in [-0.4, -0.2) is 13.2 Å². The van der Waals surface area contributed by atoms with Gasteiger partial charge in [-0.2, -0.15) is 0 Å². The maximum absolute atomic E-state index is 5.59. The summed E-state index contributed by atoms with van der Waals surface area (Å²) in [6.07, 6.45) is 0. The lowest BCUT2D eigenvalue weighted by molar-refractivity contribution is 0.186. The first kappa shape index (κ1) is 11.7. The van der Waals surface area contributed by atoms with E-state index in [1.165, 1.54) is 27.8 Å². The van der Waals surface area contributed by atoms with Crippen LogP contribution < -0.4 is 0 Å². The first-order valence-corrected chi connectivity index (χ1v) is 6.17. The van der Waals surface area contributed by atoms with Crippen LogP contribution in [0.15, 0.2) is 6.07 Å². The Hall–Kier alpha value is -0.820. The molecule has 1 aliphatic rings. The van der Waals surface area contributed by atoms with Gasteiger partial charge >= 0.3 is 0 Å². The van der Waals surface area contributed by atoms with Gasteiger partial charge in [-0.3, -0.25) is 0 Å². The average Bonchev–Trinajstić information content (AvgIpc) is 2.67. The van der Waals surface area contributed by atoms with Crippen molar-refractivity contribution in [2.45, 2.75) is 40.5 Å². The number of rotatable bonds is 1. The number of aryl methyl sites for hydroxylation is 1. The highest BCUT2D eigenvalue weighted by Gasteiger charge is 2.27. The largest absolute Gasteiger partial charge is 0.381 e. The van der Waals surface area contributed by atoms with Gasteiger partial charge in [-0.1, -0.05) is 13.0 Å². The van der Waals surface area contributed by atoms with E-state index in [0.717, 1.165) is 13.2 Å². The normalized spacial score (nSPS) is 25.1. The predicted molar refractivity (Wildman–Crippen MR) is 68.1 cm³/mol. The lowest BCUT2D eigenvalue weighted by Crippen LogP contribution is -2.10. The zero-order valence-electron chi connectivity index (χ0n) is 11.1. The Morgan fingerprint density at radius 3 is 2.25 bits per heavy atom. The van der Waals surface area contributed by atoms with Crippen LogP contribution >= 0.6 is 0 Å². The van der Waals surface area contributed by atoms with Crippen molar-refractivity contribution >= 4 is 0 Å². The van der Waals surface area contributed by atoms with E-state index in [9.17, 15) is 0 Å². The molecule has 0 bridgehead atoms. The Morgan fingerprint density at radius 1 is 1.00 bits per heavy atom. The van der Waals surface area contributed by atoms with Crippen molar-refractivity contribution in [3.63, 3.8) is 0 Å². The van der Waals surface area contributed by atoms with Crippen molar-refractivity contribution in [2.75, 3.05) is 13.2 Å². The molecule has 88 valence electrons. The van der Waals surface area contributed by atoms with Crippen LogP contribution in [0.2, 0.25) is 0 Å². The molecular formula is C15H22O. The number of hydrogen-bond donors (Lipinski definition) is 0. The van der Waals surface area contributed by atoms with E-state index in [-0.39, 0.29) is 0 Å². The molecule has 0 aliphatic carbocycles. The highest BCUT2D eigenvalue weighted by Crippen LogP contribution is 2.35. The fourth-order valence-electron chi connectivity index (χ4n) is 2.69. The molecule has 2 atom stereocenters. The van der Waals surface area contributed by atoms with Crippen LogP contribution in [0.1, 0.15) is 40.7 Å². The highest BCUT2D eigenvalue weighted by molar-refractivity contribution is 5.45. The average molecular weight is 218 g/mol. The maximum Gasteiger partial charge on any atom is 0.0538 e. The second-order valence-corrected chi connectivity index (χ2v) is 5.28. The quantitative estimate of drug-likeness (QED) is 0.699. The summed E-state index contributed by atoms with van der Waals surface area (Å²) >= 11 is 0. The lowest BCUT2D eigenvalue weighted by Gasteiger charge is -2.20. The van der Waals surface area contributed by atoms with Gasteiger partial charge in [-0.05, 0) is 61.4 Å². The van der Waals surface area contributed by atoms with Crippen LogP contribution in [0.3, 0.4) is 0 Å². The molecule has 1 aliphatic heterocycles. The molecule has 1 aromatic carbocycles. The Labute approximate surface area is 98.8 Å². The minimum atomic E-state index is 0.595. The zero-order valence-corrected chi connectivity index (χ0v) is 11.1. The van der Waals surface area contributed by atoms with E-state index in [1.54, 1.807) is 0 Å². The van der Waals surface area contributed by atoms with Gasteiger partial charge in [0, 0.05) is 12.5 Å². The van der Waals surface area contributed by atoms with Crippen molar-refractivity contribution in [1.82, 2.24) is 0 Å². The summed E-state index contributed by atoms with van der Waals surface area (Å²) < 4.78 is 5.59. The van der Waals surface area contributed by atoms with Gasteiger partial charge in [0.05, 0.1) is 6.61 Å². The fraction of sp³-hybridized carbons (Fsp3) is 0.600. The van der Waals surface area contributed by atoms with Crippen molar-refractivity contribution in [3.05, 3.63) is 33.9 Å². The van der Waals surface area contributed by atoms with Gasteiger partial charge in [0.15, 0.2) is 0 Å². The standard InChI is InChI=1S/C15H22O/c1-9-6-14(13(5)12(4)11(9)3)15-8-16-7-10(15)2/h6,10,15H,7-8H2,1-5H3/t10-,15?/m1/s1. The topological polar surface area (TPSA) is 9.23 Å². The molecule has 0 amide bonds. The van der Waals surface area contributed by atoms with Gasteiger partial charge in [0.2, 0.25) is 0 Å². The third-order valence-corrected chi connectivity index (χ3v) is 4.29. The second kappa shape index (κ2) is 4.21. The molecule has 0 spiro atoms. The van der Waals surface area contributed by atoms with Gasteiger partial charge in [-0.15, -0.1) is 0 Å². The Morgan fingerprint density at radius 2 is 1.69 bits per heavy atom. The van der Waals surface area contributed by atoms with Gasteiger partial charge in [0.1, 0.15) is 0 Å². The van der Waals surface area contributed by atoms with Crippen LogP contribution in [0.25, 0.3) is 0 Å². The summed E-state index contributed by atoms with van der Waals surface area (Å²) in [5, 5.41) is 0. The van der Waals surface area contributed by atoms with Crippen LogP contribution in [-0.2, 0) is 4.74 Å². The Kier molecular flexibility index (Phi) is 3.07.